The van der Waals surface area contributed by atoms with Gasteiger partial charge in [-0.25, -0.2) is 13.2 Å². The number of rotatable bonds is 5. The van der Waals surface area contributed by atoms with E-state index in [0.717, 1.165) is 24.1 Å². The minimum absolute atomic E-state index is 0.107. The maximum atomic E-state index is 13.7. The Morgan fingerprint density at radius 3 is 2.67 bits per heavy atom. The van der Waals surface area contributed by atoms with Gasteiger partial charge in [-0.3, -0.25) is 9.69 Å². The average Bonchev–Trinajstić information content (AvgIpc) is 3.10. The van der Waals surface area contributed by atoms with Gasteiger partial charge in [-0.1, -0.05) is 29.3 Å². The van der Waals surface area contributed by atoms with Crippen molar-refractivity contribution in [3.8, 4) is 0 Å². The van der Waals surface area contributed by atoms with Crippen LogP contribution in [0.15, 0.2) is 30.3 Å². The van der Waals surface area contributed by atoms with Crippen molar-refractivity contribution in [1.29, 1.82) is 0 Å². The van der Waals surface area contributed by atoms with Crippen LogP contribution in [0.5, 0.6) is 0 Å². The largest absolute Gasteiger partial charge is 0.351 e. The molecule has 1 heterocycles. The Kier molecular flexibility index (Phi) is 6.29. The highest BCUT2D eigenvalue weighted by molar-refractivity contribution is 6.33. The molecule has 144 valence electrons. The molecule has 2 aromatic carbocycles. The SMILES string of the molecule is O=C(NCc1ccc(F)c(F)c1F)[C@H]1CCCN1Cc1cc(Cl)ccc1Cl. The van der Waals surface area contributed by atoms with E-state index in [1.807, 2.05) is 4.90 Å². The number of carbonyl (C=O) groups excluding carboxylic acids is 1. The molecular formula is C19H17Cl2F3N2O. The first-order chi connectivity index (χ1) is 12.9. The zero-order chi connectivity index (χ0) is 19.6. The second-order valence-corrected chi connectivity index (χ2v) is 7.26. The van der Waals surface area contributed by atoms with Crippen molar-refractivity contribution in [3.05, 3.63) is 69.0 Å². The highest BCUT2D eigenvalue weighted by Crippen LogP contribution is 2.26. The van der Waals surface area contributed by atoms with E-state index in [1.54, 1.807) is 18.2 Å². The zero-order valence-corrected chi connectivity index (χ0v) is 15.8. The highest BCUT2D eigenvalue weighted by Gasteiger charge is 2.31. The molecule has 1 aliphatic rings. The normalized spacial score (nSPS) is 17.3. The second-order valence-electron chi connectivity index (χ2n) is 6.42. The number of halogens is 5. The van der Waals surface area contributed by atoms with Crippen molar-refractivity contribution in [1.82, 2.24) is 10.2 Å². The smallest absolute Gasteiger partial charge is 0.237 e. The van der Waals surface area contributed by atoms with Gasteiger partial charge >= 0.3 is 0 Å². The van der Waals surface area contributed by atoms with Crippen LogP contribution < -0.4 is 5.32 Å². The van der Waals surface area contributed by atoms with Crippen LogP contribution in [0.3, 0.4) is 0 Å². The molecule has 1 fully saturated rings. The Balaban J connectivity index is 1.65. The van der Waals surface area contributed by atoms with E-state index in [0.29, 0.717) is 29.6 Å². The number of amides is 1. The van der Waals surface area contributed by atoms with Crippen LogP contribution in [0.1, 0.15) is 24.0 Å². The molecule has 3 nitrogen and oxygen atoms in total. The van der Waals surface area contributed by atoms with Crippen LogP contribution in [-0.2, 0) is 17.9 Å². The Hall–Kier alpha value is -1.76. The molecule has 1 atom stereocenters. The van der Waals surface area contributed by atoms with Crippen molar-refractivity contribution >= 4 is 29.1 Å². The second kappa shape index (κ2) is 8.50. The van der Waals surface area contributed by atoms with E-state index in [2.05, 4.69) is 5.32 Å². The molecule has 0 spiro atoms. The van der Waals surface area contributed by atoms with E-state index >= 15 is 0 Å². The molecular weight excluding hydrogens is 400 g/mol. The van der Waals surface area contributed by atoms with Gasteiger partial charge in [0.1, 0.15) is 0 Å². The van der Waals surface area contributed by atoms with Crippen molar-refractivity contribution < 1.29 is 18.0 Å². The highest BCUT2D eigenvalue weighted by atomic mass is 35.5. The molecule has 0 radical (unpaired) electrons. The molecule has 0 bridgehead atoms. The van der Waals surface area contributed by atoms with E-state index in [9.17, 15) is 18.0 Å². The molecule has 0 aliphatic carbocycles. The third-order valence-electron chi connectivity index (χ3n) is 4.62. The van der Waals surface area contributed by atoms with Crippen LogP contribution >= 0.6 is 23.2 Å². The quantitative estimate of drug-likeness (QED) is 0.716. The average molecular weight is 417 g/mol. The Morgan fingerprint density at radius 1 is 1.11 bits per heavy atom. The molecule has 1 amide bonds. The fourth-order valence-electron chi connectivity index (χ4n) is 3.20. The molecule has 0 aromatic heterocycles. The summed E-state index contributed by atoms with van der Waals surface area (Å²) in [5.74, 6) is -4.39. The van der Waals surface area contributed by atoms with Gasteiger partial charge in [-0.2, -0.15) is 0 Å². The first-order valence-corrected chi connectivity index (χ1v) is 9.20. The summed E-state index contributed by atoms with van der Waals surface area (Å²) in [4.78, 5) is 14.5. The van der Waals surface area contributed by atoms with Gasteiger partial charge in [0, 0.05) is 28.7 Å². The van der Waals surface area contributed by atoms with Crippen LogP contribution in [0.25, 0.3) is 0 Å². The third-order valence-corrected chi connectivity index (χ3v) is 5.22. The summed E-state index contributed by atoms with van der Waals surface area (Å²) in [5.41, 5.74) is 0.709. The number of nitrogens with zero attached hydrogens (tertiary/aromatic N) is 1. The molecule has 2 aromatic rings. The van der Waals surface area contributed by atoms with E-state index < -0.39 is 23.5 Å². The predicted molar refractivity (Wildman–Crippen MR) is 98.1 cm³/mol. The summed E-state index contributed by atoms with van der Waals surface area (Å²) in [7, 11) is 0. The molecule has 1 N–H and O–H groups in total. The van der Waals surface area contributed by atoms with Crippen LogP contribution in [0, 0.1) is 17.5 Å². The van der Waals surface area contributed by atoms with E-state index in [1.165, 1.54) is 0 Å². The maximum Gasteiger partial charge on any atom is 0.237 e. The van der Waals surface area contributed by atoms with Crippen molar-refractivity contribution in [2.24, 2.45) is 0 Å². The summed E-state index contributed by atoms with van der Waals surface area (Å²) < 4.78 is 40.0. The number of likely N-dealkylation sites (tertiary alicyclic amines) is 1. The lowest BCUT2D eigenvalue weighted by atomic mass is 10.1. The number of benzene rings is 2. The summed E-state index contributed by atoms with van der Waals surface area (Å²) in [6.07, 6.45) is 1.47. The Morgan fingerprint density at radius 2 is 1.89 bits per heavy atom. The monoisotopic (exact) mass is 416 g/mol. The zero-order valence-electron chi connectivity index (χ0n) is 14.2. The lowest BCUT2D eigenvalue weighted by molar-refractivity contribution is -0.125. The van der Waals surface area contributed by atoms with Crippen LogP contribution in [0.4, 0.5) is 13.2 Å². The van der Waals surface area contributed by atoms with Gasteiger partial charge < -0.3 is 5.32 Å². The molecule has 1 saturated heterocycles. The van der Waals surface area contributed by atoms with Crippen LogP contribution in [0.2, 0.25) is 10.0 Å². The minimum Gasteiger partial charge on any atom is -0.351 e. The fourth-order valence-corrected chi connectivity index (χ4v) is 3.57. The van der Waals surface area contributed by atoms with Gasteiger partial charge in [0.25, 0.3) is 0 Å². The van der Waals surface area contributed by atoms with Gasteiger partial charge in [0.05, 0.1) is 6.04 Å². The third kappa shape index (κ3) is 4.57. The van der Waals surface area contributed by atoms with Crippen LogP contribution in [-0.4, -0.2) is 23.4 Å². The molecule has 27 heavy (non-hydrogen) atoms. The van der Waals surface area contributed by atoms with E-state index in [4.69, 9.17) is 23.2 Å². The standard InChI is InChI=1S/C19H17Cl2F3N2O/c20-13-4-5-14(21)12(8-13)10-26-7-1-2-16(26)19(27)25-9-11-3-6-15(22)18(24)17(11)23/h3-6,8,16H,1-2,7,9-10H2,(H,25,27)/t16-/m1/s1. The molecule has 1 aliphatic heterocycles. The molecule has 0 saturated carbocycles. The maximum absolute atomic E-state index is 13.7. The first kappa shape index (κ1) is 20.0. The minimum atomic E-state index is -1.54. The topological polar surface area (TPSA) is 32.3 Å². The van der Waals surface area contributed by atoms with Gasteiger partial charge in [-0.15, -0.1) is 0 Å². The lowest BCUT2D eigenvalue weighted by Crippen LogP contribution is -2.42. The lowest BCUT2D eigenvalue weighted by Gasteiger charge is -2.24. The Bertz CT molecular complexity index is 863. The van der Waals surface area contributed by atoms with Gasteiger partial charge in [0.2, 0.25) is 5.91 Å². The number of hydrogen-bond donors (Lipinski definition) is 1. The first-order valence-electron chi connectivity index (χ1n) is 8.45. The molecule has 8 heteroatoms. The number of nitrogens with one attached hydrogen (secondary N) is 1. The summed E-state index contributed by atoms with van der Waals surface area (Å²) >= 11 is 12.2. The number of carbonyl (C=O) groups is 1. The molecule has 3 rings (SSSR count). The van der Waals surface area contributed by atoms with Gasteiger partial charge in [0.15, 0.2) is 17.5 Å². The summed E-state index contributed by atoms with van der Waals surface area (Å²) in [6, 6.07) is 6.70. The van der Waals surface area contributed by atoms with Crippen molar-refractivity contribution in [2.45, 2.75) is 32.0 Å². The predicted octanol–water partition coefficient (Wildman–Crippen LogP) is 4.69. The van der Waals surface area contributed by atoms with Crippen molar-refractivity contribution in [3.63, 3.8) is 0 Å². The number of hydrogen-bond acceptors (Lipinski definition) is 2. The summed E-state index contributed by atoms with van der Waals surface area (Å²) in [5, 5.41) is 3.72. The van der Waals surface area contributed by atoms with Crippen molar-refractivity contribution in [2.75, 3.05) is 6.54 Å². The van der Waals surface area contributed by atoms with Gasteiger partial charge in [-0.05, 0) is 49.2 Å². The summed E-state index contributed by atoms with van der Waals surface area (Å²) in [6.45, 7) is 0.946. The van der Waals surface area contributed by atoms with E-state index in [-0.39, 0.29) is 18.0 Å². The Labute approximate surface area is 165 Å². The molecule has 0 unspecified atom stereocenters. The fraction of sp³-hybridized carbons (Fsp3) is 0.316.